The summed E-state index contributed by atoms with van der Waals surface area (Å²) in [5.41, 5.74) is -0.186. The van der Waals surface area contributed by atoms with Crippen LogP contribution in [0.15, 0.2) is 12.1 Å². The van der Waals surface area contributed by atoms with Crippen molar-refractivity contribution in [1.29, 1.82) is 0 Å². The Kier molecular flexibility index (Phi) is 4.32. The van der Waals surface area contributed by atoms with Crippen molar-refractivity contribution in [2.75, 3.05) is 58.0 Å². The van der Waals surface area contributed by atoms with Gasteiger partial charge in [0.05, 0.1) is 26.4 Å². The molecule has 0 atom stereocenters. The molecule has 2 fully saturated rings. The van der Waals surface area contributed by atoms with Crippen LogP contribution < -0.4 is 4.90 Å². The summed E-state index contributed by atoms with van der Waals surface area (Å²) >= 11 is 0. The van der Waals surface area contributed by atoms with Crippen molar-refractivity contribution < 1.29 is 14.6 Å². The minimum absolute atomic E-state index is 0.318. The lowest BCUT2D eigenvalue weighted by Crippen LogP contribution is -2.62. The Morgan fingerprint density at radius 3 is 2.68 bits per heavy atom. The van der Waals surface area contributed by atoms with E-state index in [0.29, 0.717) is 39.0 Å². The van der Waals surface area contributed by atoms with Crippen LogP contribution in [0.3, 0.4) is 0 Å². The normalized spacial score (nSPS) is 21.5. The van der Waals surface area contributed by atoms with Crippen molar-refractivity contribution >= 4 is 11.5 Å². The van der Waals surface area contributed by atoms with Crippen LogP contribution in [-0.2, 0) is 9.47 Å². The van der Waals surface area contributed by atoms with Gasteiger partial charge in [-0.05, 0) is 26.1 Å². The average Bonchev–Trinajstić information content (AvgIpc) is 2.76. The first-order valence-corrected chi connectivity index (χ1v) is 8.56. The van der Waals surface area contributed by atoms with E-state index in [1.165, 1.54) is 0 Å². The first-order valence-electron chi connectivity index (χ1n) is 8.56. The fourth-order valence-electron chi connectivity index (χ4n) is 3.34. The number of nitrogens with zero attached hydrogens (tertiary/aromatic N) is 6. The molecule has 2 aliphatic heterocycles. The second-order valence-corrected chi connectivity index (χ2v) is 7.01. The van der Waals surface area contributed by atoms with Gasteiger partial charge in [-0.15, -0.1) is 15.3 Å². The quantitative estimate of drug-likeness (QED) is 0.778. The highest BCUT2D eigenvalue weighted by atomic mass is 16.6. The van der Waals surface area contributed by atoms with Crippen LogP contribution >= 0.6 is 0 Å². The van der Waals surface area contributed by atoms with Crippen molar-refractivity contribution in [3.63, 3.8) is 0 Å². The summed E-state index contributed by atoms with van der Waals surface area (Å²) in [6.45, 7) is 5.88. The summed E-state index contributed by atoms with van der Waals surface area (Å²) in [6.07, 6.45) is 0. The van der Waals surface area contributed by atoms with E-state index >= 15 is 0 Å². The van der Waals surface area contributed by atoms with E-state index < -0.39 is 5.60 Å². The molecule has 0 bridgehead atoms. The second kappa shape index (κ2) is 6.49. The molecule has 0 amide bonds. The molecule has 9 nitrogen and oxygen atoms in total. The van der Waals surface area contributed by atoms with Gasteiger partial charge < -0.3 is 19.5 Å². The molecule has 4 heterocycles. The standard InChI is InChI=1S/C16H24N6O3/c1-12-17-18-14-3-4-15(19-22(12)14)21-7-13(8-21)20(2)9-16(23)10-24-5-6-25-11-16/h3-4,13,23H,5-11H2,1-2H3. The Morgan fingerprint density at radius 2 is 1.96 bits per heavy atom. The number of hydrogen-bond acceptors (Lipinski definition) is 8. The van der Waals surface area contributed by atoms with Gasteiger partial charge in [0.1, 0.15) is 11.4 Å². The van der Waals surface area contributed by atoms with Crippen molar-refractivity contribution in [1.82, 2.24) is 24.7 Å². The average molecular weight is 348 g/mol. The van der Waals surface area contributed by atoms with Crippen LogP contribution in [-0.4, -0.2) is 94.6 Å². The summed E-state index contributed by atoms with van der Waals surface area (Å²) in [5, 5.41) is 23.4. The summed E-state index contributed by atoms with van der Waals surface area (Å²) in [5.74, 6) is 1.70. The van der Waals surface area contributed by atoms with Crippen LogP contribution in [0.4, 0.5) is 5.82 Å². The van der Waals surface area contributed by atoms with Crippen LogP contribution in [0.5, 0.6) is 0 Å². The molecule has 2 aromatic heterocycles. The number of aryl methyl sites for hydroxylation is 1. The SMILES string of the molecule is Cc1nnc2ccc(N3CC(N(C)CC4(O)COCCOC4)C3)nn12. The van der Waals surface area contributed by atoms with Gasteiger partial charge in [0.2, 0.25) is 0 Å². The maximum atomic E-state index is 10.7. The first-order chi connectivity index (χ1) is 12.0. The van der Waals surface area contributed by atoms with E-state index in [1.807, 2.05) is 26.1 Å². The lowest BCUT2D eigenvalue weighted by atomic mass is 10.0. The van der Waals surface area contributed by atoms with Gasteiger partial charge in [0, 0.05) is 25.7 Å². The van der Waals surface area contributed by atoms with Gasteiger partial charge in [-0.25, -0.2) is 0 Å². The van der Waals surface area contributed by atoms with Crippen molar-refractivity contribution in [2.24, 2.45) is 0 Å². The monoisotopic (exact) mass is 348 g/mol. The molecule has 2 aliphatic rings. The van der Waals surface area contributed by atoms with Crippen LogP contribution in [0.25, 0.3) is 5.65 Å². The number of ether oxygens (including phenoxy) is 2. The topological polar surface area (TPSA) is 88.3 Å². The number of aliphatic hydroxyl groups is 1. The summed E-state index contributed by atoms with van der Waals surface area (Å²) in [7, 11) is 2.03. The third kappa shape index (κ3) is 3.32. The Balaban J connectivity index is 1.36. The third-order valence-corrected chi connectivity index (χ3v) is 4.87. The minimum Gasteiger partial charge on any atom is -0.384 e. The molecular weight excluding hydrogens is 324 g/mol. The van der Waals surface area contributed by atoms with Crippen LogP contribution in [0.1, 0.15) is 5.82 Å². The molecule has 0 saturated carbocycles. The molecule has 1 N–H and O–H groups in total. The number of rotatable bonds is 4. The highest BCUT2D eigenvalue weighted by Crippen LogP contribution is 2.23. The molecule has 136 valence electrons. The molecule has 25 heavy (non-hydrogen) atoms. The lowest BCUT2D eigenvalue weighted by molar-refractivity contribution is -0.0773. The number of aromatic nitrogens is 4. The van der Waals surface area contributed by atoms with Crippen LogP contribution in [0.2, 0.25) is 0 Å². The predicted molar refractivity (Wildman–Crippen MR) is 90.7 cm³/mol. The molecule has 0 aliphatic carbocycles. The second-order valence-electron chi connectivity index (χ2n) is 7.01. The smallest absolute Gasteiger partial charge is 0.178 e. The largest absolute Gasteiger partial charge is 0.384 e. The number of fused-ring (bicyclic) bond motifs is 1. The molecular formula is C16H24N6O3. The van der Waals surface area contributed by atoms with E-state index in [-0.39, 0.29) is 0 Å². The Hall–Kier alpha value is -1.81. The molecule has 2 saturated heterocycles. The van der Waals surface area contributed by atoms with Gasteiger partial charge in [0.25, 0.3) is 0 Å². The molecule has 0 aromatic carbocycles. The fraction of sp³-hybridized carbons (Fsp3) is 0.688. The van der Waals surface area contributed by atoms with Gasteiger partial charge in [-0.1, -0.05) is 0 Å². The number of likely N-dealkylation sites (N-methyl/N-ethyl adjacent to an activating group) is 1. The highest BCUT2D eigenvalue weighted by Gasteiger charge is 2.37. The van der Waals surface area contributed by atoms with E-state index in [1.54, 1.807) is 4.52 Å². The molecule has 0 unspecified atom stereocenters. The van der Waals surface area contributed by atoms with E-state index in [0.717, 1.165) is 30.4 Å². The first kappa shape index (κ1) is 16.6. The van der Waals surface area contributed by atoms with Crippen molar-refractivity contribution in [2.45, 2.75) is 18.6 Å². The van der Waals surface area contributed by atoms with E-state index in [9.17, 15) is 5.11 Å². The third-order valence-electron chi connectivity index (χ3n) is 4.87. The van der Waals surface area contributed by atoms with Crippen molar-refractivity contribution in [3.8, 4) is 0 Å². The highest BCUT2D eigenvalue weighted by molar-refractivity contribution is 5.47. The zero-order chi connectivity index (χ0) is 17.4. The van der Waals surface area contributed by atoms with Gasteiger partial charge in [-0.3, -0.25) is 4.90 Å². The zero-order valence-electron chi connectivity index (χ0n) is 14.6. The Bertz CT molecular complexity index is 737. The van der Waals surface area contributed by atoms with Gasteiger partial charge >= 0.3 is 0 Å². The molecule has 0 radical (unpaired) electrons. The van der Waals surface area contributed by atoms with Gasteiger partial charge in [-0.2, -0.15) is 4.52 Å². The van der Waals surface area contributed by atoms with Crippen molar-refractivity contribution in [3.05, 3.63) is 18.0 Å². The van der Waals surface area contributed by atoms with Crippen LogP contribution in [0, 0.1) is 6.92 Å². The van der Waals surface area contributed by atoms with E-state index in [2.05, 4.69) is 25.1 Å². The predicted octanol–water partition coefficient (Wildman–Crippen LogP) is -0.669. The molecule has 0 spiro atoms. The summed E-state index contributed by atoms with van der Waals surface area (Å²) in [4.78, 5) is 4.39. The maximum Gasteiger partial charge on any atom is 0.178 e. The van der Waals surface area contributed by atoms with E-state index in [4.69, 9.17) is 9.47 Å². The Morgan fingerprint density at radius 1 is 1.24 bits per heavy atom. The minimum atomic E-state index is -0.942. The fourth-order valence-corrected chi connectivity index (χ4v) is 3.34. The molecule has 4 rings (SSSR count). The summed E-state index contributed by atoms with van der Waals surface area (Å²) < 4.78 is 12.6. The lowest BCUT2D eigenvalue weighted by Gasteiger charge is -2.46. The summed E-state index contributed by atoms with van der Waals surface area (Å²) in [6, 6.07) is 4.27. The number of hydrogen-bond donors (Lipinski definition) is 1. The van der Waals surface area contributed by atoms with Gasteiger partial charge in [0.15, 0.2) is 11.5 Å². The molecule has 2 aromatic rings. The number of anilines is 1. The zero-order valence-corrected chi connectivity index (χ0v) is 14.6. The Labute approximate surface area is 146 Å². The molecule has 9 heteroatoms. The maximum absolute atomic E-state index is 10.7.